The van der Waals surface area contributed by atoms with Crippen LogP contribution in [0, 0.1) is 0 Å². The maximum atomic E-state index is 6.38. The van der Waals surface area contributed by atoms with Crippen molar-refractivity contribution in [3.8, 4) is 0 Å². The molecule has 1 aromatic carbocycles. The number of hydrogen-bond acceptors (Lipinski definition) is 2. The van der Waals surface area contributed by atoms with Gasteiger partial charge in [0.2, 0.25) is 0 Å². The van der Waals surface area contributed by atoms with E-state index >= 15 is 0 Å². The fourth-order valence-electron chi connectivity index (χ4n) is 1.90. The average molecular weight is 291 g/mol. The van der Waals surface area contributed by atoms with Gasteiger partial charge in [-0.1, -0.05) is 30.3 Å². The zero-order chi connectivity index (χ0) is 12.3. The largest absolute Gasteiger partial charge is 0.321 e. The zero-order valence-electron chi connectivity index (χ0n) is 9.73. The van der Waals surface area contributed by atoms with E-state index in [4.69, 9.17) is 5.73 Å². The Morgan fingerprint density at radius 3 is 2.59 bits per heavy atom. The molecular formula is C14H15BrN2. The van der Waals surface area contributed by atoms with Crippen LogP contribution in [0.25, 0.3) is 0 Å². The molecule has 0 saturated carbocycles. The second-order valence-electron chi connectivity index (χ2n) is 4.47. The van der Waals surface area contributed by atoms with Crippen LogP contribution in [0.2, 0.25) is 0 Å². The highest BCUT2D eigenvalue weighted by molar-refractivity contribution is 9.10. The molecule has 1 unspecified atom stereocenters. The minimum absolute atomic E-state index is 0.371. The Morgan fingerprint density at radius 1 is 1.24 bits per heavy atom. The van der Waals surface area contributed by atoms with E-state index in [1.54, 1.807) is 6.20 Å². The fourth-order valence-corrected chi connectivity index (χ4v) is 2.31. The van der Waals surface area contributed by atoms with E-state index in [1.165, 1.54) is 0 Å². The van der Waals surface area contributed by atoms with Crippen LogP contribution < -0.4 is 5.73 Å². The van der Waals surface area contributed by atoms with Gasteiger partial charge < -0.3 is 5.73 Å². The number of pyridine rings is 1. The third-order valence-corrected chi connectivity index (χ3v) is 3.20. The summed E-state index contributed by atoms with van der Waals surface area (Å²) in [5, 5.41) is 0. The highest BCUT2D eigenvalue weighted by Crippen LogP contribution is 2.23. The van der Waals surface area contributed by atoms with Gasteiger partial charge >= 0.3 is 0 Å². The second-order valence-corrected chi connectivity index (χ2v) is 5.39. The molecule has 0 amide bonds. The fraction of sp³-hybridized carbons (Fsp3) is 0.214. The van der Waals surface area contributed by atoms with Gasteiger partial charge in [-0.15, -0.1) is 0 Å². The Bertz CT molecular complexity index is 495. The van der Waals surface area contributed by atoms with Gasteiger partial charge in [0, 0.05) is 22.4 Å². The molecule has 0 saturated heterocycles. The molecule has 1 aromatic heterocycles. The average Bonchev–Trinajstić information content (AvgIpc) is 2.29. The van der Waals surface area contributed by atoms with Crippen LogP contribution in [-0.4, -0.2) is 4.98 Å². The van der Waals surface area contributed by atoms with E-state index in [0.29, 0.717) is 0 Å². The number of rotatable bonds is 3. The minimum Gasteiger partial charge on any atom is -0.321 e. The van der Waals surface area contributed by atoms with Crippen LogP contribution in [0.5, 0.6) is 0 Å². The van der Waals surface area contributed by atoms with Crippen molar-refractivity contribution < 1.29 is 0 Å². The first-order valence-corrected chi connectivity index (χ1v) is 6.31. The van der Waals surface area contributed by atoms with E-state index in [1.807, 2.05) is 31.3 Å². The lowest BCUT2D eigenvalue weighted by Crippen LogP contribution is -2.35. The van der Waals surface area contributed by atoms with Crippen molar-refractivity contribution in [3.05, 3.63) is 64.4 Å². The Labute approximate surface area is 110 Å². The van der Waals surface area contributed by atoms with Crippen molar-refractivity contribution in [2.24, 2.45) is 5.73 Å². The smallest absolute Gasteiger partial charge is 0.0422 e. The highest BCUT2D eigenvalue weighted by Gasteiger charge is 2.21. The van der Waals surface area contributed by atoms with Gasteiger partial charge in [-0.25, -0.2) is 0 Å². The predicted octanol–water partition coefficient (Wildman–Crippen LogP) is 3.26. The first-order valence-electron chi connectivity index (χ1n) is 5.52. The first-order chi connectivity index (χ1) is 8.08. The van der Waals surface area contributed by atoms with Crippen LogP contribution in [0.15, 0.2) is 53.3 Å². The Hall–Kier alpha value is -1.19. The minimum atomic E-state index is -0.371. The third kappa shape index (κ3) is 3.14. The van der Waals surface area contributed by atoms with Gasteiger partial charge in [0.05, 0.1) is 0 Å². The van der Waals surface area contributed by atoms with Crippen LogP contribution in [0.3, 0.4) is 0 Å². The molecule has 17 heavy (non-hydrogen) atoms. The maximum Gasteiger partial charge on any atom is 0.0422 e. The van der Waals surface area contributed by atoms with Crippen LogP contribution in [-0.2, 0) is 12.0 Å². The lowest BCUT2D eigenvalue weighted by atomic mass is 9.87. The van der Waals surface area contributed by atoms with Crippen molar-refractivity contribution >= 4 is 15.9 Å². The molecule has 88 valence electrons. The van der Waals surface area contributed by atoms with Gasteiger partial charge in [0.15, 0.2) is 0 Å². The molecule has 0 aliphatic carbocycles. The van der Waals surface area contributed by atoms with Gasteiger partial charge in [-0.3, -0.25) is 4.98 Å². The molecule has 0 bridgehead atoms. The quantitative estimate of drug-likeness (QED) is 0.942. The lowest BCUT2D eigenvalue weighted by Gasteiger charge is -2.25. The first kappa shape index (κ1) is 12.3. The van der Waals surface area contributed by atoms with Crippen LogP contribution in [0.4, 0.5) is 0 Å². The van der Waals surface area contributed by atoms with Crippen LogP contribution in [0.1, 0.15) is 18.1 Å². The van der Waals surface area contributed by atoms with Crippen molar-refractivity contribution in [1.29, 1.82) is 0 Å². The molecule has 3 heteroatoms. The molecule has 0 spiro atoms. The molecule has 0 aliphatic rings. The third-order valence-electron chi connectivity index (χ3n) is 2.77. The molecule has 2 nitrogen and oxygen atoms in total. The molecule has 2 rings (SSSR count). The summed E-state index contributed by atoms with van der Waals surface area (Å²) in [6.07, 6.45) is 4.40. The van der Waals surface area contributed by atoms with E-state index in [9.17, 15) is 0 Å². The summed E-state index contributed by atoms with van der Waals surface area (Å²) < 4.78 is 0.985. The summed E-state index contributed by atoms with van der Waals surface area (Å²) in [6.45, 7) is 2.04. The number of nitrogens with zero attached hydrogens (tertiary/aromatic N) is 1. The summed E-state index contributed by atoms with van der Waals surface area (Å²) in [6, 6.07) is 12.2. The predicted molar refractivity (Wildman–Crippen MR) is 73.6 cm³/mol. The number of halogens is 1. The Morgan fingerprint density at radius 2 is 1.94 bits per heavy atom. The van der Waals surface area contributed by atoms with E-state index in [-0.39, 0.29) is 5.54 Å². The molecule has 0 aliphatic heterocycles. The second kappa shape index (κ2) is 4.98. The van der Waals surface area contributed by atoms with Crippen LogP contribution >= 0.6 is 15.9 Å². The lowest BCUT2D eigenvalue weighted by molar-refractivity contribution is 0.490. The van der Waals surface area contributed by atoms with E-state index in [0.717, 1.165) is 22.0 Å². The number of aromatic nitrogens is 1. The van der Waals surface area contributed by atoms with Crippen molar-refractivity contribution in [2.45, 2.75) is 18.9 Å². The van der Waals surface area contributed by atoms with Crippen molar-refractivity contribution in [2.75, 3.05) is 0 Å². The van der Waals surface area contributed by atoms with Gasteiger partial charge in [-0.05, 0) is 46.5 Å². The molecular weight excluding hydrogens is 276 g/mol. The Kier molecular flexibility index (Phi) is 3.60. The van der Waals surface area contributed by atoms with Gasteiger partial charge in [-0.2, -0.15) is 0 Å². The molecule has 0 radical (unpaired) electrons. The Balaban J connectivity index is 2.23. The zero-order valence-corrected chi connectivity index (χ0v) is 11.3. The standard InChI is InChI=1S/C14H15BrN2/c1-14(16,12-5-3-2-4-6-12)8-11-7-13(15)10-17-9-11/h2-7,9-10H,8,16H2,1H3. The van der Waals surface area contributed by atoms with Crippen molar-refractivity contribution in [3.63, 3.8) is 0 Å². The van der Waals surface area contributed by atoms with Gasteiger partial charge in [0.25, 0.3) is 0 Å². The number of nitrogens with two attached hydrogens (primary N) is 1. The summed E-state index contributed by atoms with van der Waals surface area (Å²) in [7, 11) is 0. The summed E-state index contributed by atoms with van der Waals surface area (Å²) in [5.41, 5.74) is 8.28. The molecule has 1 heterocycles. The monoisotopic (exact) mass is 290 g/mol. The number of benzene rings is 1. The van der Waals surface area contributed by atoms with Gasteiger partial charge in [0.1, 0.15) is 0 Å². The molecule has 0 fully saturated rings. The molecule has 1 atom stereocenters. The number of hydrogen-bond donors (Lipinski definition) is 1. The molecule has 2 N–H and O–H groups in total. The summed E-state index contributed by atoms with van der Waals surface area (Å²) >= 11 is 3.42. The van der Waals surface area contributed by atoms with Crippen molar-refractivity contribution in [1.82, 2.24) is 4.98 Å². The maximum absolute atomic E-state index is 6.38. The van der Waals surface area contributed by atoms with E-state index in [2.05, 4.69) is 39.1 Å². The van der Waals surface area contributed by atoms with E-state index < -0.39 is 0 Å². The SMILES string of the molecule is CC(N)(Cc1cncc(Br)c1)c1ccccc1. The summed E-state index contributed by atoms with van der Waals surface area (Å²) in [4.78, 5) is 4.16. The highest BCUT2D eigenvalue weighted by atomic mass is 79.9. The summed E-state index contributed by atoms with van der Waals surface area (Å²) in [5.74, 6) is 0. The molecule has 2 aromatic rings. The normalized spacial score (nSPS) is 14.3. The topological polar surface area (TPSA) is 38.9 Å².